The van der Waals surface area contributed by atoms with E-state index in [0.29, 0.717) is 12.5 Å². The predicted molar refractivity (Wildman–Crippen MR) is 63.5 cm³/mol. The first-order valence-corrected chi connectivity index (χ1v) is 5.80. The molecule has 16 heavy (non-hydrogen) atoms. The zero-order valence-electron chi connectivity index (χ0n) is 9.53. The Morgan fingerprint density at radius 3 is 3.00 bits per heavy atom. The van der Waals surface area contributed by atoms with Gasteiger partial charge in [-0.2, -0.15) is 0 Å². The van der Waals surface area contributed by atoms with Gasteiger partial charge in [-0.25, -0.2) is 4.79 Å². The number of hydrogen-bond donors (Lipinski definition) is 1. The van der Waals surface area contributed by atoms with E-state index in [0.717, 1.165) is 12.1 Å². The third-order valence-electron chi connectivity index (χ3n) is 2.73. The highest BCUT2D eigenvalue weighted by atomic mass is 16.5. The number of nitrogens with one attached hydrogen (secondary N) is 1. The van der Waals surface area contributed by atoms with E-state index in [2.05, 4.69) is 12.2 Å². The van der Waals surface area contributed by atoms with Crippen LogP contribution in [0.15, 0.2) is 24.3 Å². The summed E-state index contributed by atoms with van der Waals surface area (Å²) in [6.07, 6.45) is 3.00. The first-order valence-electron chi connectivity index (χ1n) is 5.80. The van der Waals surface area contributed by atoms with Crippen molar-refractivity contribution >= 4 is 11.8 Å². The minimum atomic E-state index is -0.347. The van der Waals surface area contributed by atoms with Gasteiger partial charge in [0.1, 0.15) is 0 Å². The molecule has 0 atom stereocenters. The van der Waals surface area contributed by atoms with Gasteiger partial charge < -0.3 is 4.74 Å². The molecule has 1 fully saturated rings. The Labute approximate surface area is 95.8 Å². The molecule has 0 aromatic heterocycles. The number of aryl methyl sites for hydroxylation is 1. The fourth-order valence-electron chi connectivity index (χ4n) is 1.50. The average Bonchev–Trinajstić information content (AvgIpc) is 3.10. The third-order valence-corrected chi connectivity index (χ3v) is 2.73. The summed E-state index contributed by atoms with van der Waals surface area (Å²) in [6, 6.07) is 7.83. The first kappa shape index (κ1) is 11.0. The molecule has 0 spiro atoms. The molecule has 1 aliphatic carbocycles. The summed E-state index contributed by atoms with van der Waals surface area (Å²) in [6.45, 7) is 2.64. The van der Waals surface area contributed by atoms with Gasteiger partial charge in [-0.05, 0) is 42.9 Å². The Hall–Kier alpha value is -1.51. The van der Waals surface area contributed by atoms with Gasteiger partial charge in [-0.3, -0.25) is 5.32 Å². The van der Waals surface area contributed by atoms with Crippen LogP contribution in [-0.4, -0.2) is 12.7 Å². The molecule has 0 saturated heterocycles. The van der Waals surface area contributed by atoms with Gasteiger partial charge in [0.15, 0.2) is 0 Å². The lowest BCUT2D eigenvalue weighted by Crippen LogP contribution is -2.15. The fraction of sp³-hybridized carbons (Fsp3) is 0.462. The highest BCUT2D eigenvalue weighted by Gasteiger charge is 2.22. The van der Waals surface area contributed by atoms with Crippen LogP contribution in [0.25, 0.3) is 0 Å². The van der Waals surface area contributed by atoms with E-state index in [-0.39, 0.29) is 6.09 Å². The molecular formula is C13H17NO2. The molecule has 1 N–H and O–H groups in total. The predicted octanol–water partition coefficient (Wildman–Crippen LogP) is 3.21. The van der Waals surface area contributed by atoms with Gasteiger partial charge >= 0.3 is 6.09 Å². The smallest absolute Gasteiger partial charge is 0.411 e. The van der Waals surface area contributed by atoms with Gasteiger partial charge in [0.2, 0.25) is 0 Å². The van der Waals surface area contributed by atoms with Gasteiger partial charge in [0, 0.05) is 5.69 Å². The lowest BCUT2D eigenvalue weighted by atomic mass is 10.1. The number of rotatable bonds is 4. The van der Waals surface area contributed by atoms with Crippen LogP contribution in [0, 0.1) is 5.92 Å². The molecule has 2 rings (SSSR count). The summed E-state index contributed by atoms with van der Waals surface area (Å²) in [5.74, 6) is 0.604. The summed E-state index contributed by atoms with van der Waals surface area (Å²) in [5, 5.41) is 2.74. The first-order chi connectivity index (χ1) is 7.78. The number of anilines is 1. The van der Waals surface area contributed by atoms with Crippen molar-refractivity contribution in [2.75, 3.05) is 11.9 Å². The van der Waals surface area contributed by atoms with Crippen LogP contribution in [0.1, 0.15) is 25.3 Å². The lowest BCUT2D eigenvalue weighted by molar-refractivity contribution is 0.156. The number of ether oxygens (including phenoxy) is 1. The van der Waals surface area contributed by atoms with E-state index in [1.165, 1.54) is 18.4 Å². The third kappa shape index (κ3) is 3.26. The Morgan fingerprint density at radius 2 is 2.31 bits per heavy atom. The molecule has 0 radical (unpaired) electrons. The molecule has 3 nitrogen and oxygen atoms in total. The second kappa shape index (κ2) is 5.01. The molecule has 0 unspecified atom stereocenters. The maximum atomic E-state index is 11.4. The minimum Gasteiger partial charge on any atom is -0.449 e. The summed E-state index contributed by atoms with van der Waals surface area (Å²) in [5.41, 5.74) is 2.01. The van der Waals surface area contributed by atoms with Crippen LogP contribution in [0.4, 0.5) is 10.5 Å². The summed E-state index contributed by atoms with van der Waals surface area (Å²) >= 11 is 0. The number of amides is 1. The maximum absolute atomic E-state index is 11.4. The normalized spacial score (nSPS) is 14.6. The van der Waals surface area contributed by atoms with E-state index in [1.54, 1.807) is 0 Å². The molecule has 1 saturated carbocycles. The van der Waals surface area contributed by atoms with E-state index >= 15 is 0 Å². The van der Waals surface area contributed by atoms with Crippen molar-refractivity contribution in [3.8, 4) is 0 Å². The van der Waals surface area contributed by atoms with Crippen LogP contribution < -0.4 is 5.32 Å². The van der Waals surface area contributed by atoms with Gasteiger partial charge in [0.05, 0.1) is 6.61 Å². The monoisotopic (exact) mass is 219 g/mol. The van der Waals surface area contributed by atoms with Crippen LogP contribution in [0.2, 0.25) is 0 Å². The van der Waals surface area contributed by atoms with Gasteiger partial charge in [0.25, 0.3) is 0 Å². The summed E-state index contributed by atoms with van der Waals surface area (Å²) < 4.78 is 5.09. The molecule has 1 aromatic rings. The molecule has 1 aliphatic rings. The number of carbonyl (C=O) groups excluding carboxylic acids is 1. The van der Waals surface area contributed by atoms with Crippen molar-refractivity contribution in [3.05, 3.63) is 29.8 Å². The second-order valence-electron chi connectivity index (χ2n) is 4.22. The van der Waals surface area contributed by atoms with Crippen molar-refractivity contribution in [1.29, 1.82) is 0 Å². The quantitative estimate of drug-likeness (QED) is 0.844. The van der Waals surface area contributed by atoms with E-state index < -0.39 is 0 Å². The zero-order valence-corrected chi connectivity index (χ0v) is 9.53. The van der Waals surface area contributed by atoms with E-state index in [4.69, 9.17) is 4.74 Å². The largest absolute Gasteiger partial charge is 0.449 e. The van der Waals surface area contributed by atoms with Crippen LogP contribution >= 0.6 is 0 Å². The van der Waals surface area contributed by atoms with E-state index in [9.17, 15) is 4.79 Å². The molecule has 3 heteroatoms. The van der Waals surface area contributed by atoms with Crippen molar-refractivity contribution in [2.24, 2.45) is 5.92 Å². The van der Waals surface area contributed by atoms with Crippen molar-refractivity contribution < 1.29 is 9.53 Å². The Morgan fingerprint density at radius 1 is 1.50 bits per heavy atom. The topological polar surface area (TPSA) is 38.3 Å². The second-order valence-corrected chi connectivity index (χ2v) is 4.22. The molecule has 0 aliphatic heterocycles. The number of carbonyl (C=O) groups is 1. The van der Waals surface area contributed by atoms with Crippen LogP contribution in [0.3, 0.4) is 0 Å². The molecule has 1 amide bonds. The highest BCUT2D eigenvalue weighted by Crippen LogP contribution is 2.28. The Kier molecular flexibility index (Phi) is 3.44. The molecule has 0 heterocycles. The van der Waals surface area contributed by atoms with Gasteiger partial charge in [-0.1, -0.05) is 19.1 Å². The summed E-state index contributed by atoms with van der Waals surface area (Å²) in [7, 11) is 0. The number of hydrogen-bond acceptors (Lipinski definition) is 2. The van der Waals surface area contributed by atoms with Gasteiger partial charge in [-0.15, -0.1) is 0 Å². The molecule has 1 aromatic carbocycles. The molecule has 86 valence electrons. The fourth-order valence-corrected chi connectivity index (χ4v) is 1.50. The van der Waals surface area contributed by atoms with Crippen LogP contribution in [0.5, 0.6) is 0 Å². The zero-order chi connectivity index (χ0) is 11.4. The highest BCUT2D eigenvalue weighted by molar-refractivity contribution is 5.84. The average molecular weight is 219 g/mol. The molecular weight excluding hydrogens is 202 g/mol. The van der Waals surface area contributed by atoms with E-state index in [1.807, 2.05) is 24.3 Å². The van der Waals surface area contributed by atoms with Crippen LogP contribution in [-0.2, 0) is 11.2 Å². The number of benzene rings is 1. The SMILES string of the molecule is CCc1cccc(NC(=O)OCC2CC2)c1. The van der Waals surface area contributed by atoms with Crippen molar-refractivity contribution in [2.45, 2.75) is 26.2 Å². The minimum absolute atomic E-state index is 0.347. The lowest BCUT2D eigenvalue weighted by Gasteiger charge is -2.07. The molecule has 0 bridgehead atoms. The Balaban J connectivity index is 1.83. The maximum Gasteiger partial charge on any atom is 0.411 e. The van der Waals surface area contributed by atoms with Crippen molar-refractivity contribution in [3.63, 3.8) is 0 Å². The van der Waals surface area contributed by atoms with Crippen molar-refractivity contribution in [1.82, 2.24) is 0 Å². The standard InChI is InChI=1S/C13H17NO2/c1-2-10-4-3-5-12(8-10)14-13(15)16-9-11-6-7-11/h3-5,8,11H,2,6-7,9H2,1H3,(H,14,15). The Bertz CT molecular complexity index is 372. The summed E-state index contributed by atoms with van der Waals surface area (Å²) in [4.78, 5) is 11.4.